The van der Waals surface area contributed by atoms with Crippen LogP contribution in [0.15, 0.2) is 42.6 Å². The summed E-state index contributed by atoms with van der Waals surface area (Å²) >= 11 is 6.44. The lowest BCUT2D eigenvalue weighted by atomic mass is 10.2. The Hall–Kier alpha value is -3.59. The summed E-state index contributed by atoms with van der Waals surface area (Å²) in [5.74, 6) is 1.35. The number of rotatable bonds is 7. The SMILES string of the molecule is CC(C)NC(=O)COc1ccc(-c2nc(Nc3ccc4[nH]ncc4c3)n(C)n2)c(Cl)c1. The van der Waals surface area contributed by atoms with E-state index in [1.807, 2.05) is 32.0 Å². The van der Waals surface area contributed by atoms with Crippen LogP contribution in [0.1, 0.15) is 13.8 Å². The number of aromatic amines is 1. The number of carbonyl (C=O) groups is 1. The van der Waals surface area contributed by atoms with Crippen LogP contribution in [0.2, 0.25) is 5.02 Å². The molecule has 0 atom stereocenters. The van der Waals surface area contributed by atoms with Gasteiger partial charge in [0.25, 0.3) is 5.91 Å². The fourth-order valence-corrected chi connectivity index (χ4v) is 3.29. The number of ether oxygens (including phenoxy) is 1. The average Bonchev–Trinajstić information content (AvgIpc) is 3.32. The summed E-state index contributed by atoms with van der Waals surface area (Å²) in [7, 11) is 1.80. The summed E-state index contributed by atoms with van der Waals surface area (Å²) in [6, 6.07) is 11.1. The number of nitrogens with one attached hydrogen (secondary N) is 3. The minimum atomic E-state index is -0.189. The smallest absolute Gasteiger partial charge is 0.258 e. The molecule has 160 valence electrons. The summed E-state index contributed by atoms with van der Waals surface area (Å²) in [5.41, 5.74) is 2.49. The lowest BCUT2D eigenvalue weighted by Gasteiger charge is -2.10. The minimum absolute atomic E-state index is 0.0571. The molecule has 1 amide bonds. The van der Waals surface area contributed by atoms with Gasteiger partial charge in [0.1, 0.15) is 5.75 Å². The Morgan fingerprint density at radius 3 is 2.87 bits per heavy atom. The first-order valence-corrected chi connectivity index (χ1v) is 10.1. The Kier molecular flexibility index (Phi) is 5.77. The predicted octanol–water partition coefficient (Wildman–Crippen LogP) is 3.66. The Balaban J connectivity index is 1.48. The number of amides is 1. The summed E-state index contributed by atoms with van der Waals surface area (Å²) in [6.07, 6.45) is 1.76. The van der Waals surface area contributed by atoms with Crippen molar-refractivity contribution in [2.24, 2.45) is 7.05 Å². The van der Waals surface area contributed by atoms with Gasteiger partial charge in [0.2, 0.25) is 5.95 Å². The second kappa shape index (κ2) is 8.65. The summed E-state index contributed by atoms with van der Waals surface area (Å²) in [6.45, 7) is 3.70. The van der Waals surface area contributed by atoms with E-state index in [9.17, 15) is 4.79 Å². The molecular formula is C21H22ClN7O2. The maximum absolute atomic E-state index is 11.7. The van der Waals surface area contributed by atoms with Gasteiger partial charge in [-0.2, -0.15) is 10.1 Å². The molecule has 9 nitrogen and oxygen atoms in total. The predicted molar refractivity (Wildman–Crippen MR) is 120 cm³/mol. The molecule has 0 radical (unpaired) electrons. The van der Waals surface area contributed by atoms with E-state index in [4.69, 9.17) is 16.3 Å². The first-order valence-electron chi connectivity index (χ1n) is 9.72. The van der Waals surface area contributed by atoms with Gasteiger partial charge in [-0.15, -0.1) is 5.10 Å². The number of aromatic nitrogens is 5. The van der Waals surface area contributed by atoms with E-state index in [-0.39, 0.29) is 18.6 Å². The van der Waals surface area contributed by atoms with E-state index in [2.05, 4.69) is 30.9 Å². The molecule has 0 saturated carbocycles. The van der Waals surface area contributed by atoms with Gasteiger partial charge < -0.3 is 15.4 Å². The molecule has 0 aliphatic carbocycles. The van der Waals surface area contributed by atoms with E-state index in [1.165, 1.54) is 0 Å². The molecule has 4 aromatic rings. The zero-order valence-electron chi connectivity index (χ0n) is 17.3. The van der Waals surface area contributed by atoms with Crippen LogP contribution in [-0.4, -0.2) is 43.5 Å². The van der Waals surface area contributed by atoms with Gasteiger partial charge in [-0.25, -0.2) is 4.68 Å². The Morgan fingerprint density at radius 1 is 1.26 bits per heavy atom. The van der Waals surface area contributed by atoms with E-state index in [0.717, 1.165) is 16.6 Å². The molecular weight excluding hydrogens is 418 g/mol. The van der Waals surface area contributed by atoms with Crippen molar-refractivity contribution in [3.05, 3.63) is 47.6 Å². The second-order valence-electron chi connectivity index (χ2n) is 7.33. The van der Waals surface area contributed by atoms with Crippen molar-refractivity contribution in [1.29, 1.82) is 0 Å². The number of hydrogen-bond donors (Lipinski definition) is 3. The van der Waals surface area contributed by atoms with Crippen LogP contribution in [-0.2, 0) is 11.8 Å². The first kappa shape index (κ1) is 20.7. The maximum atomic E-state index is 11.7. The molecule has 10 heteroatoms. The molecule has 0 fully saturated rings. The van der Waals surface area contributed by atoms with E-state index >= 15 is 0 Å². The van der Waals surface area contributed by atoms with Crippen LogP contribution >= 0.6 is 11.6 Å². The Bertz CT molecular complexity index is 1230. The highest BCUT2D eigenvalue weighted by atomic mass is 35.5. The van der Waals surface area contributed by atoms with Gasteiger partial charge in [0.05, 0.1) is 16.7 Å². The Labute approximate surface area is 183 Å². The molecule has 0 bridgehead atoms. The minimum Gasteiger partial charge on any atom is -0.484 e. The van der Waals surface area contributed by atoms with Crippen LogP contribution in [0.4, 0.5) is 11.6 Å². The van der Waals surface area contributed by atoms with Crippen molar-refractivity contribution in [1.82, 2.24) is 30.3 Å². The van der Waals surface area contributed by atoms with Gasteiger partial charge >= 0.3 is 0 Å². The van der Waals surface area contributed by atoms with Crippen molar-refractivity contribution >= 4 is 40.0 Å². The quantitative estimate of drug-likeness (QED) is 0.405. The fraction of sp³-hybridized carbons (Fsp3) is 0.238. The van der Waals surface area contributed by atoms with Crippen molar-refractivity contribution in [3.8, 4) is 17.1 Å². The molecule has 0 saturated heterocycles. The standard InChI is InChI=1S/C21H22ClN7O2/c1-12(2)24-19(30)11-31-15-5-6-16(17(22)9-15)20-26-21(29(3)28-20)25-14-4-7-18-13(8-14)10-23-27-18/h4-10,12H,11H2,1-3H3,(H,23,27)(H,24,30)(H,25,26,28). The normalized spacial score (nSPS) is 11.1. The third-order valence-corrected chi connectivity index (χ3v) is 4.77. The third-order valence-electron chi connectivity index (χ3n) is 4.46. The van der Waals surface area contributed by atoms with Gasteiger partial charge in [-0.05, 0) is 50.2 Å². The largest absolute Gasteiger partial charge is 0.484 e. The number of hydrogen-bond acceptors (Lipinski definition) is 6. The number of carbonyl (C=O) groups excluding carboxylic acids is 1. The fourth-order valence-electron chi connectivity index (χ4n) is 3.04. The molecule has 2 heterocycles. The molecule has 4 rings (SSSR count). The van der Waals surface area contributed by atoms with E-state index < -0.39 is 0 Å². The van der Waals surface area contributed by atoms with Gasteiger partial charge in [0.15, 0.2) is 12.4 Å². The number of nitrogens with zero attached hydrogens (tertiary/aromatic N) is 4. The number of H-pyrrole nitrogens is 1. The van der Waals surface area contributed by atoms with Crippen molar-refractivity contribution < 1.29 is 9.53 Å². The summed E-state index contributed by atoms with van der Waals surface area (Å²) < 4.78 is 7.16. The van der Waals surface area contributed by atoms with Crippen LogP contribution in [0.25, 0.3) is 22.3 Å². The number of halogens is 1. The van der Waals surface area contributed by atoms with Crippen LogP contribution in [0, 0.1) is 0 Å². The molecule has 0 spiro atoms. The molecule has 2 aromatic carbocycles. The number of anilines is 2. The highest BCUT2D eigenvalue weighted by Crippen LogP contribution is 2.30. The van der Waals surface area contributed by atoms with Crippen LogP contribution < -0.4 is 15.4 Å². The third kappa shape index (κ3) is 4.77. The summed E-state index contributed by atoms with van der Waals surface area (Å²) in [5, 5.41) is 18.9. The second-order valence-corrected chi connectivity index (χ2v) is 7.74. The topological polar surface area (TPSA) is 110 Å². The highest BCUT2D eigenvalue weighted by molar-refractivity contribution is 6.33. The van der Waals surface area contributed by atoms with Crippen molar-refractivity contribution in [2.45, 2.75) is 19.9 Å². The number of benzene rings is 2. The zero-order chi connectivity index (χ0) is 22.0. The molecule has 3 N–H and O–H groups in total. The highest BCUT2D eigenvalue weighted by Gasteiger charge is 2.14. The van der Waals surface area contributed by atoms with Gasteiger partial charge in [-0.1, -0.05) is 11.6 Å². The molecule has 2 aromatic heterocycles. The van der Waals surface area contributed by atoms with Crippen molar-refractivity contribution in [2.75, 3.05) is 11.9 Å². The van der Waals surface area contributed by atoms with Crippen molar-refractivity contribution in [3.63, 3.8) is 0 Å². The molecule has 0 aliphatic heterocycles. The van der Waals surface area contributed by atoms with Gasteiger partial charge in [-0.3, -0.25) is 9.89 Å². The zero-order valence-corrected chi connectivity index (χ0v) is 18.1. The summed E-state index contributed by atoms with van der Waals surface area (Å²) in [4.78, 5) is 16.3. The molecule has 31 heavy (non-hydrogen) atoms. The molecule has 0 unspecified atom stereocenters. The lowest BCUT2D eigenvalue weighted by molar-refractivity contribution is -0.123. The Morgan fingerprint density at radius 2 is 2.10 bits per heavy atom. The monoisotopic (exact) mass is 439 g/mol. The number of fused-ring (bicyclic) bond motifs is 1. The molecule has 0 aliphatic rings. The maximum Gasteiger partial charge on any atom is 0.258 e. The number of aryl methyl sites for hydroxylation is 1. The van der Waals surface area contributed by atoms with Crippen LogP contribution in [0.3, 0.4) is 0 Å². The van der Waals surface area contributed by atoms with Gasteiger partial charge in [0, 0.05) is 29.7 Å². The van der Waals surface area contributed by atoms with Crippen LogP contribution in [0.5, 0.6) is 5.75 Å². The average molecular weight is 440 g/mol. The lowest BCUT2D eigenvalue weighted by Crippen LogP contribution is -2.34. The van der Waals surface area contributed by atoms with E-state index in [1.54, 1.807) is 36.1 Å². The first-order chi connectivity index (χ1) is 14.9. The van der Waals surface area contributed by atoms with E-state index in [0.29, 0.717) is 28.1 Å².